The highest BCUT2D eigenvalue weighted by Crippen LogP contribution is 2.25. The molecule has 1 aromatic rings. The smallest absolute Gasteiger partial charge is 0.319 e. The van der Waals surface area contributed by atoms with Crippen LogP contribution in [0.2, 0.25) is 10.0 Å². The van der Waals surface area contributed by atoms with Gasteiger partial charge in [0, 0.05) is 5.69 Å². The van der Waals surface area contributed by atoms with E-state index >= 15 is 0 Å². The molecule has 6 heteroatoms. The molecule has 0 saturated heterocycles. The van der Waals surface area contributed by atoms with Crippen LogP contribution in [0.25, 0.3) is 0 Å². The zero-order valence-electron chi connectivity index (χ0n) is 10.8. The standard InChI is InChI=1S/C14H16Cl2N2O2/c15-11-5-4-10(8-12(11)16)18-13(19)17-9-14(20)6-2-1-3-7-14/h2,4-6,8,20H,1,3,7,9H2,(H2,17,18,19). The van der Waals surface area contributed by atoms with Crippen molar-refractivity contribution in [3.05, 3.63) is 40.4 Å². The van der Waals surface area contributed by atoms with E-state index in [1.165, 1.54) is 0 Å². The van der Waals surface area contributed by atoms with Gasteiger partial charge in [-0.3, -0.25) is 0 Å². The van der Waals surface area contributed by atoms with E-state index in [0.29, 0.717) is 22.2 Å². The number of halogens is 2. The second-order valence-electron chi connectivity index (χ2n) is 4.83. The van der Waals surface area contributed by atoms with Crippen molar-refractivity contribution in [3.8, 4) is 0 Å². The largest absolute Gasteiger partial charge is 0.384 e. The maximum atomic E-state index is 11.8. The highest BCUT2D eigenvalue weighted by atomic mass is 35.5. The Morgan fingerprint density at radius 3 is 2.80 bits per heavy atom. The van der Waals surface area contributed by atoms with Crippen molar-refractivity contribution < 1.29 is 9.90 Å². The summed E-state index contributed by atoms with van der Waals surface area (Å²) in [4.78, 5) is 11.8. The summed E-state index contributed by atoms with van der Waals surface area (Å²) in [7, 11) is 0. The summed E-state index contributed by atoms with van der Waals surface area (Å²) in [6.45, 7) is 0.177. The minimum absolute atomic E-state index is 0.177. The van der Waals surface area contributed by atoms with Gasteiger partial charge in [-0.25, -0.2) is 4.79 Å². The lowest BCUT2D eigenvalue weighted by molar-refractivity contribution is 0.0768. The van der Waals surface area contributed by atoms with E-state index in [-0.39, 0.29) is 6.54 Å². The Balaban J connectivity index is 1.87. The molecule has 108 valence electrons. The average Bonchev–Trinajstić information content (AvgIpc) is 2.42. The predicted molar refractivity (Wildman–Crippen MR) is 81.4 cm³/mol. The minimum Gasteiger partial charge on any atom is -0.384 e. The Kier molecular flexibility index (Phi) is 4.91. The zero-order valence-corrected chi connectivity index (χ0v) is 12.3. The fourth-order valence-electron chi connectivity index (χ4n) is 2.04. The summed E-state index contributed by atoms with van der Waals surface area (Å²) in [5, 5.41) is 16.3. The fourth-order valence-corrected chi connectivity index (χ4v) is 2.34. The maximum absolute atomic E-state index is 11.8. The lowest BCUT2D eigenvalue weighted by atomic mass is 9.91. The summed E-state index contributed by atoms with van der Waals surface area (Å²) >= 11 is 11.7. The molecule has 2 rings (SSSR count). The van der Waals surface area contributed by atoms with Crippen LogP contribution in [0.4, 0.5) is 10.5 Å². The molecule has 0 spiro atoms. The van der Waals surface area contributed by atoms with Gasteiger partial charge in [0.25, 0.3) is 0 Å². The molecule has 3 N–H and O–H groups in total. The highest BCUT2D eigenvalue weighted by molar-refractivity contribution is 6.42. The minimum atomic E-state index is -0.951. The van der Waals surface area contributed by atoms with E-state index in [0.717, 1.165) is 12.8 Å². The monoisotopic (exact) mass is 314 g/mol. The molecule has 0 saturated carbocycles. The molecule has 0 aromatic heterocycles. The first-order valence-corrected chi connectivity index (χ1v) is 7.14. The van der Waals surface area contributed by atoms with Crippen molar-refractivity contribution in [1.82, 2.24) is 5.32 Å². The number of hydrogen-bond donors (Lipinski definition) is 3. The van der Waals surface area contributed by atoms with Gasteiger partial charge in [0.15, 0.2) is 0 Å². The number of nitrogens with one attached hydrogen (secondary N) is 2. The van der Waals surface area contributed by atoms with Gasteiger partial charge in [-0.05, 0) is 37.5 Å². The Labute approximate surface area is 127 Å². The van der Waals surface area contributed by atoms with E-state index in [4.69, 9.17) is 23.2 Å². The van der Waals surface area contributed by atoms with E-state index in [9.17, 15) is 9.90 Å². The molecule has 0 heterocycles. The lowest BCUT2D eigenvalue weighted by Gasteiger charge is -2.27. The molecule has 1 aliphatic carbocycles. The highest BCUT2D eigenvalue weighted by Gasteiger charge is 2.25. The van der Waals surface area contributed by atoms with Crippen LogP contribution in [-0.2, 0) is 0 Å². The van der Waals surface area contributed by atoms with E-state index in [2.05, 4.69) is 10.6 Å². The van der Waals surface area contributed by atoms with Crippen LogP contribution in [0, 0.1) is 0 Å². The van der Waals surface area contributed by atoms with Gasteiger partial charge in [0.1, 0.15) is 5.60 Å². The van der Waals surface area contributed by atoms with Crippen molar-refractivity contribution in [2.24, 2.45) is 0 Å². The molecule has 0 radical (unpaired) electrons. The van der Waals surface area contributed by atoms with Crippen molar-refractivity contribution >= 4 is 34.9 Å². The van der Waals surface area contributed by atoms with Crippen LogP contribution in [0.3, 0.4) is 0 Å². The van der Waals surface area contributed by atoms with Gasteiger partial charge in [-0.15, -0.1) is 0 Å². The fraction of sp³-hybridized carbons (Fsp3) is 0.357. The number of allylic oxidation sites excluding steroid dienone is 1. The number of benzene rings is 1. The second kappa shape index (κ2) is 6.48. The molecule has 0 aliphatic heterocycles. The Bertz CT molecular complexity index is 534. The Morgan fingerprint density at radius 1 is 1.35 bits per heavy atom. The number of aliphatic hydroxyl groups is 1. The number of carbonyl (C=O) groups is 1. The maximum Gasteiger partial charge on any atom is 0.319 e. The molecule has 20 heavy (non-hydrogen) atoms. The molecule has 2 amide bonds. The van der Waals surface area contributed by atoms with Crippen LogP contribution in [0.1, 0.15) is 19.3 Å². The normalized spacial score (nSPS) is 21.6. The van der Waals surface area contributed by atoms with Crippen LogP contribution in [-0.4, -0.2) is 23.3 Å². The van der Waals surface area contributed by atoms with E-state index < -0.39 is 11.6 Å². The first-order valence-electron chi connectivity index (χ1n) is 6.38. The third-order valence-corrected chi connectivity index (χ3v) is 3.88. The second-order valence-corrected chi connectivity index (χ2v) is 5.65. The van der Waals surface area contributed by atoms with E-state index in [1.807, 2.05) is 6.08 Å². The molecule has 0 bridgehead atoms. The third kappa shape index (κ3) is 4.13. The number of anilines is 1. The Morgan fingerprint density at radius 2 is 2.15 bits per heavy atom. The Hall–Kier alpha value is -1.23. The molecule has 0 fully saturated rings. The van der Waals surface area contributed by atoms with Crippen molar-refractivity contribution in [1.29, 1.82) is 0 Å². The molecule has 1 aliphatic rings. The first-order chi connectivity index (χ1) is 9.48. The number of hydrogen-bond acceptors (Lipinski definition) is 2. The van der Waals surface area contributed by atoms with Crippen LogP contribution >= 0.6 is 23.2 Å². The van der Waals surface area contributed by atoms with Crippen molar-refractivity contribution in [2.45, 2.75) is 24.9 Å². The number of amides is 2. The SMILES string of the molecule is O=C(NCC1(O)C=CCCC1)Nc1ccc(Cl)c(Cl)c1. The van der Waals surface area contributed by atoms with Gasteiger partial charge < -0.3 is 15.7 Å². The van der Waals surface area contributed by atoms with Crippen molar-refractivity contribution in [2.75, 3.05) is 11.9 Å². The third-order valence-electron chi connectivity index (χ3n) is 3.14. The molecular weight excluding hydrogens is 299 g/mol. The first kappa shape index (κ1) is 15.2. The van der Waals surface area contributed by atoms with Gasteiger partial charge in [-0.1, -0.05) is 35.4 Å². The van der Waals surface area contributed by atoms with Crippen LogP contribution < -0.4 is 10.6 Å². The zero-order chi connectivity index (χ0) is 14.6. The van der Waals surface area contributed by atoms with Crippen LogP contribution in [0.5, 0.6) is 0 Å². The quantitative estimate of drug-likeness (QED) is 0.747. The topological polar surface area (TPSA) is 61.4 Å². The van der Waals surface area contributed by atoms with Crippen molar-refractivity contribution in [3.63, 3.8) is 0 Å². The molecule has 1 aromatic carbocycles. The molecule has 4 nitrogen and oxygen atoms in total. The molecular formula is C14H16Cl2N2O2. The average molecular weight is 315 g/mol. The predicted octanol–water partition coefficient (Wildman–Crippen LogP) is 3.59. The summed E-state index contributed by atoms with van der Waals surface area (Å²) < 4.78 is 0. The summed E-state index contributed by atoms with van der Waals surface area (Å²) in [6, 6.07) is 4.44. The van der Waals surface area contributed by atoms with Crippen LogP contribution in [0.15, 0.2) is 30.4 Å². The summed E-state index contributed by atoms with van der Waals surface area (Å²) in [6.07, 6.45) is 6.22. The van der Waals surface area contributed by atoms with E-state index in [1.54, 1.807) is 24.3 Å². The number of rotatable bonds is 3. The molecule has 1 unspecified atom stereocenters. The summed E-state index contributed by atoms with van der Waals surface area (Å²) in [5.41, 5.74) is -0.407. The van der Waals surface area contributed by atoms with Gasteiger partial charge in [0.05, 0.1) is 16.6 Å². The van der Waals surface area contributed by atoms with Gasteiger partial charge in [-0.2, -0.15) is 0 Å². The summed E-state index contributed by atoms with van der Waals surface area (Å²) in [5.74, 6) is 0. The lowest BCUT2D eigenvalue weighted by Crippen LogP contribution is -2.43. The number of carbonyl (C=O) groups excluding carboxylic acids is 1. The number of urea groups is 1. The molecule has 1 atom stereocenters. The van der Waals surface area contributed by atoms with Gasteiger partial charge >= 0.3 is 6.03 Å². The van der Waals surface area contributed by atoms with Gasteiger partial charge in [0.2, 0.25) is 0 Å².